The molecule has 2 heteroatoms. The summed E-state index contributed by atoms with van der Waals surface area (Å²) < 4.78 is 0. The quantitative estimate of drug-likeness (QED) is 0.765. The number of hydrogen-bond donors (Lipinski definition) is 1. The van der Waals surface area contributed by atoms with Crippen LogP contribution in [0.5, 0.6) is 0 Å². The van der Waals surface area contributed by atoms with E-state index in [2.05, 4.69) is 25.1 Å². The summed E-state index contributed by atoms with van der Waals surface area (Å²) in [7, 11) is 0. The largest absolute Gasteiger partial charge is 0.321 e. The molecule has 2 atom stereocenters. The average Bonchev–Trinajstić information content (AvgIpc) is 2.55. The second-order valence-electron chi connectivity index (χ2n) is 5.83. The van der Waals surface area contributed by atoms with Crippen molar-refractivity contribution in [2.24, 2.45) is 11.7 Å². The van der Waals surface area contributed by atoms with Gasteiger partial charge in [-0.25, -0.2) is 0 Å². The Morgan fingerprint density at radius 1 is 1.33 bits per heavy atom. The van der Waals surface area contributed by atoms with Crippen LogP contribution in [0.1, 0.15) is 56.6 Å². The first-order valence-corrected chi connectivity index (χ1v) is 7.48. The number of nitrogens with two attached hydrogens (primary N) is 1. The molecule has 2 unspecified atom stereocenters. The predicted octanol–water partition coefficient (Wildman–Crippen LogP) is 4.79. The lowest BCUT2D eigenvalue weighted by molar-refractivity contribution is 0.371. The van der Waals surface area contributed by atoms with E-state index in [1.165, 1.54) is 31.2 Å². The minimum Gasteiger partial charge on any atom is -0.321 e. The molecule has 1 aliphatic carbocycles. The highest BCUT2D eigenvalue weighted by Crippen LogP contribution is 2.37. The fourth-order valence-electron chi connectivity index (χ4n) is 3.04. The highest BCUT2D eigenvalue weighted by molar-refractivity contribution is 6.31. The van der Waals surface area contributed by atoms with Crippen LogP contribution in [-0.2, 0) is 5.54 Å². The molecule has 0 aliphatic heterocycles. The maximum Gasteiger partial charge on any atom is 0.0438 e. The number of hydrogen-bond acceptors (Lipinski definition) is 1. The first-order chi connectivity index (χ1) is 8.55. The third-order valence-electron chi connectivity index (χ3n) is 4.56. The molecule has 1 saturated carbocycles. The van der Waals surface area contributed by atoms with Gasteiger partial charge < -0.3 is 5.73 Å². The van der Waals surface area contributed by atoms with Crippen LogP contribution in [0, 0.1) is 12.8 Å². The summed E-state index contributed by atoms with van der Waals surface area (Å²) >= 11 is 6.24. The van der Waals surface area contributed by atoms with Gasteiger partial charge in [-0.15, -0.1) is 0 Å². The molecular weight excluding hydrogens is 242 g/mol. The van der Waals surface area contributed by atoms with Crippen LogP contribution in [-0.4, -0.2) is 0 Å². The Kier molecular flexibility index (Phi) is 4.34. The molecule has 2 rings (SSSR count). The van der Waals surface area contributed by atoms with Crippen molar-refractivity contribution in [2.75, 3.05) is 0 Å². The molecule has 0 saturated heterocycles. The van der Waals surface area contributed by atoms with Crippen molar-refractivity contribution in [1.29, 1.82) is 0 Å². The smallest absolute Gasteiger partial charge is 0.0438 e. The van der Waals surface area contributed by atoms with Crippen molar-refractivity contribution < 1.29 is 0 Å². The molecular formula is C16H24ClN. The maximum absolute atomic E-state index is 6.66. The van der Waals surface area contributed by atoms with Crippen molar-refractivity contribution in [3.8, 4) is 0 Å². The fraction of sp³-hybridized carbons (Fsp3) is 0.625. The lowest BCUT2D eigenvalue weighted by Gasteiger charge is -2.29. The Morgan fingerprint density at radius 3 is 2.78 bits per heavy atom. The molecule has 1 aliphatic rings. The highest BCUT2D eigenvalue weighted by atomic mass is 35.5. The minimum atomic E-state index is -0.165. The van der Waals surface area contributed by atoms with Crippen molar-refractivity contribution in [3.05, 3.63) is 34.3 Å². The normalized spacial score (nSPS) is 29.0. The summed E-state index contributed by atoms with van der Waals surface area (Å²) in [5.41, 5.74) is 8.84. The van der Waals surface area contributed by atoms with Gasteiger partial charge in [0.05, 0.1) is 0 Å². The monoisotopic (exact) mass is 265 g/mol. The Morgan fingerprint density at radius 2 is 2.11 bits per heavy atom. The third-order valence-corrected chi connectivity index (χ3v) is 4.97. The van der Waals surface area contributed by atoms with E-state index in [0.29, 0.717) is 0 Å². The summed E-state index contributed by atoms with van der Waals surface area (Å²) in [5.74, 6) is 0.858. The first-order valence-electron chi connectivity index (χ1n) is 7.10. The van der Waals surface area contributed by atoms with E-state index in [0.717, 1.165) is 29.3 Å². The van der Waals surface area contributed by atoms with Crippen molar-refractivity contribution in [3.63, 3.8) is 0 Å². The molecule has 0 spiro atoms. The summed E-state index contributed by atoms with van der Waals surface area (Å²) in [6.07, 6.45) is 7.27. The van der Waals surface area contributed by atoms with Crippen LogP contribution in [0.25, 0.3) is 0 Å². The number of aryl methyl sites for hydroxylation is 1. The van der Waals surface area contributed by atoms with Crippen molar-refractivity contribution in [2.45, 2.75) is 57.9 Å². The second-order valence-corrected chi connectivity index (χ2v) is 6.23. The van der Waals surface area contributed by atoms with E-state index < -0.39 is 0 Å². The predicted molar refractivity (Wildman–Crippen MR) is 78.9 cm³/mol. The van der Waals surface area contributed by atoms with Crippen LogP contribution in [0.3, 0.4) is 0 Å². The number of halogens is 1. The molecule has 1 aromatic rings. The van der Waals surface area contributed by atoms with Crippen molar-refractivity contribution >= 4 is 11.6 Å². The van der Waals surface area contributed by atoms with E-state index in [-0.39, 0.29) is 5.54 Å². The molecule has 1 nitrogen and oxygen atoms in total. The van der Waals surface area contributed by atoms with Gasteiger partial charge in [0.1, 0.15) is 0 Å². The van der Waals surface area contributed by atoms with Gasteiger partial charge in [0.2, 0.25) is 0 Å². The van der Waals surface area contributed by atoms with Crippen LogP contribution in [0.15, 0.2) is 18.2 Å². The molecule has 2 N–H and O–H groups in total. The first kappa shape index (κ1) is 13.9. The second kappa shape index (κ2) is 5.63. The molecule has 0 radical (unpaired) electrons. The van der Waals surface area contributed by atoms with E-state index in [1.54, 1.807) is 0 Å². The Hall–Kier alpha value is -0.530. The lowest BCUT2D eigenvalue weighted by atomic mass is 9.83. The van der Waals surface area contributed by atoms with Gasteiger partial charge >= 0.3 is 0 Å². The van der Waals surface area contributed by atoms with E-state index in [1.807, 2.05) is 6.92 Å². The standard InChI is InChI=1S/C16H24ClN/c1-3-13-5-4-9-16(18,10-8-13)14-7-6-12(2)15(17)11-14/h6-7,11,13H,3-5,8-10,18H2,1-2H3. The SMILES string of the molecule is CCC1CCCC(N)(c2ccc(C)c(Cl)c2)CC1. The molecule has 0 amide bonds. The van der Waals surface area contributed by atoms with Gasteiger partial charge in [-0.1, -0.05) is 49.9 Å². The van der Waals surface area contributed by atoms with Gasteiger partial charge in [-0.05, 0) is 49.3 Å². The summed E-state index contributed by atoms with van der Waals surface area (Å²) in [4.78, 5) is 0. The van der Waals surface area contributed by atoms with Gasteiger partial charge in [-0.2, -0.15) is 0 Å². The van der Waals surface area contributed by atoms with Crippen LogP contribution in [0.2, 0.25) is 5.02 Å². The third kappa shape index (κ3) is 2.89. The van der Waals surface area contributed by atoms with Gasteiger partial charge in [0, 0.05) is 10.6 Å². The maximum atomic E-state index is 6.66. The van der Waals surface area contributed by atoms with Crippen LogP contribution < -0.4 is 5.73 Å². The zero-order valence-corrected chi connectivity index (χ0v) is 12.3. The van der Waals surface area contributed by atoms with E-state index in [4.69, 9.17) is 17.3 Å². The van der Waals surface area contributed by atoms with Gasteiger partial charge in [0.25, 0.3) is 0 Å². The molecule has 1 fully saturated rings. The molecule has 18 heavy (non-hydrogen) atoms. The molecule has 0 bridgehead atoms. The van der Waals surface area contributed by atoms with E-state index >= 15 is 0 Å². The average molecular weight is 266 g/mol. The Bertz CT molecular complexity index is 416. The van der Waals surface area contributed by atoms with Gasteiger partial charge in [-0.3, -0.25) is 0 Å². The molecule has 100 valence electrons. The zero-order chi connectivity index (χ0) is 13.2. The zero-order valence-electron chi connectivity index (χ0n) is 11.5. The van der Waals surface area contributed by atoms with Crippen LogP contribution in [0.4, 0.5) is 0 Å². The number of benzene rings is 1. The van der Waals surface area contributed by atoms with Gasteiger partial charge in [0.15, 0.2) is 0 Å². The summed E-state index contributed by atoms with van der Waals surface area (Å²) in [6, 6.07) is 6.32. The molecule has 1 aromatic carbocycles. The number of rotatable bonds is 2. The van der Waals surface area contributed by atoms with E-state index in [9.17, 15) is 0 Å². The van der Waals surface area contributed by atoms with Crippen molar-refractivity contribution in [1.82, 2.24) is 0 Å². The Balaban J connectivity index is 2.21. The van der Waals surface area contributed by atoms with Crippen LogP contribution >= 0.6 is 11.6 Å². The fourth-order valence-corrected chi connectivity index (χ4v) is 3.22. The molecule has 0 heterocycles. The molecule has 0 aromatic heterocycles. The highest BCUT2D eigenvalue weighted by Gasteiger charge is 2.30. The summed E-state index contributed by atoms with van der Waals surface area (Å²) in [5, 5.41) is 0.841. The minimum absolute atomic E-state index is 0.165. The topological polar surface area (TPSA) is 26.0 Å². The Labute approximate surface area is 116 Å². The lowest BCUT2D eigenvalue weighted by Crippen LogP contribution is -2.36. The summed E-state index contributed by atoms with van der Waals surface area (Å²) in [6.45, 7) is 4.33.